The number of hydrogen-bond acceptors (Lipinski definition) is 7. The minimum atomic E-state index is -0.786. The van der Waals surface area contributed by atoms with Gasteiger partial charge < -0.3 is 5.32 Å². The number of aromatic nitrogens is 2. The van der Waals surface area contributed by atoms with E-state index < -0.39 is 27.1 Å². The van der Waals surface area contributed by atoms with Crippen molar-refractivity contribution < 1.29 is 14.6 Å². The average Bonchev–Trinajstić information content (AvgIpc) is 3.04. The molecular weight excluding hydrogens is 318 g/mol. The molecule has 0 bridgehead atoms. The summed E-state index contributed by atoms with van der Waals surface area (Å²) in [6.07, 6.45) is 3.75. The third-order valence-electron chi connectivity index (χ3n) is 3.69. The van der Waals surface area contributed by atoms with Crippen molar-refractivity contribution in [2.45, 2.75) is 19.3 Å². The molecule has 2 aromatic rings. The molecule has 1 aromatic heterocycles. The molecule has 1 heterocycles. The molecule has 1 aromatic carbocycles. The first-order chi connectivity index (χ1) is 11.5. The van der Waals surface area contributed by atoms with Gasteiger partial charge in [-0.15, -0.1) is 0 Å². The van der Waals surface area contributed by atoms with E-state index in [4.69, 9.17) is 0 Å². The number of carbonyl (C=O) groups excluding carboxylic acids is 1. The van der Waals surface area contributed by atoms with E-state index in [0.29, 0.717) is 5.82 Å². The Bertz CT molecular complexity index is 834. The summed E-state index contributed by atoms with van der Waals surface area (Å²) in [5.41, 5.74) is 0.446. The van der Waals surface area contributed by atoms with Crippen molar-refractivity contribution in [3.05, 3.63) is 61.6 Å². The van der Waals surface area contributed by atoms with Crippen LogP contribution in [0, 0.1) is 20.2 Å². The zero-order valence-corrected chi connectivity index (χ0v) is 12.3. The van der Waals surface area contributed by atoms with Gasteiger partial charge in [-0.1, -0.05) is 0 Å². The second kappa shape index (κ2) is 5.99. The van der Waals surface area contributed by atoms with Crippen LogP contribution in [0.1, 0.15) is 28.0 Å². The zero-order valence-electron chi connectivity index (χ0n) is 12.3. The standard InChI is InChI=1S/C14H11N5O5/c20-14(17-13-11-2-1-3-12(11)15-7-16-13)8-4-9(18(21)22)6-10(5-8)19(23)24/h4-7H,1-3H2,(H,15,16,17,20). The maximum atomic E-state index is 12.3. The summed E-state index contributed by atoms with van der Waals surface area (Å²) in [5.74, 6) is -0.369. The quantitative estimate of drug-likeness (QED) is 0.668. The SMILES string of the molecule is O=C(Nc1ncnc2c1CCC2)c1cc([N+](=O)[O-])cc([N+](=O)[O-])c1. The molecule has 0 spiro atoms. The lowest BCUT2D eigenvalue weighted by Gasteiger charge is -2.08. The number of nitrogens with one attached hydrogen (secondary N) is 1. The second-order valence-corrected chi connectivity index (χ2v) is 5.21. The third kappa shape index (κ3) is 2.89. The van der Waals surface area contributed by atoms with Crippen molar-refractivity contribution in [3.63, 3.8) is 0 Å². The number of rotatable bonds is 4. The highest BCUT2D eigenvalue weighted by Crippen LogP contribution is 2.27. The summed E-state index contributed by atoms with van der Waals surface area (Å²) in [6.45, 7) is 0. The van der Waals surface area contributed by atoms with Gasteiger partial charge in [-0.05, 0) is 19.3 Å². The Morgan fingerprint density at radius 1 is 1.04 bits per heavy atom. The first-order valence-corrected chi connectivity index (χ1v) is 7.03. The molecule has 0 saturated heterocycles. The van der Waals surface area contributed by atoms with Gasteiger partial charge in [0, 0.05) is 23.4 Å². The topological polar surface area (TPSA) is 141 Å². The van der Waals surface area contributed by atoms with Crippen LogP contribution < -0.4 is 5.32 Å². The predicted octanol–water partition coefficient (Wildman–Crippen LogP) is 2.03. The summed E-state index contributed by atoms with van der Waals surface area (Å²) in [4.78, 5) is 40.7. The smallest absolute Gasteiger partial charge is 0.277 e. The van der Waals surface area contributed by atoms with E-state index in [2.05, 4.69) is 15.3 Å². The number of hydrogen-bond donors (Lipinski definition) is 1. The Morgan fingerprint density at radius 2 is 1.71 bits per heavy atom. The molecule has 0 radical (unpaired) electrons. The number of carbonyl (C=O) groups is 1. The van der Waals surface area contributed by atoms with Crippen LogP contribution in [-0.4, -0.2) is 25.7 Å². The van der Waals surface area contributed by atoms with Crippen molar-refractivity contribution in [1.29, 1.82) is 0 Å². The van der Waals surface area contributed by atoms with E-state index in [1.807, 2.05) is 0 Å². The lowest BCUT2D eigenvalue weighted by molar-refractivity contribution is -0.394. The van der Waals surface area contributed by atoms with Crippen LogP contribution in [-0.2, 0) is 12.8 Å². The van der Waals surface area contributed by atoms with Crippen LogP contribution in [0.4, 0.5) is 17.2 Å². The summed E-state index contributed by atoms with van der Waals surface area (Å²) in [6, 6.07) is 2.78. The van der Waals surface area contributed by atoms with Gasteiger partial charge in [0.25, 0.3) is 17.3 Å². The van der Waals surface area contributed by atoms with Gasteiger partial charge in [-0.25, -0.2) is 9.97 Å². The zero-order chi connectivity index (χ0) is 17.3. The summed E-state index contributed by atoms with van der Waals surface area (Å²) < 4.78 is 0. The molecule has 0 atom stereocenters. The van der Waals surface area contributed by atoms with Crippen LogP contribution in [0.3, 0.4) is 0 Å². The largest absolute Gasteiger partial charge is 0.306 e. The first kappa shape index (κ1) is 15.5. The minimum absolute atomic E-state index is 0.179. The van der Waals surface area contributed by atoms with E-state index in [1.165, 1.54) is 6.33 Å². The second-order valence-electron chi connectivity index (χ2n) is 5.21. The highest BCUT2D eigenvalue weighted by atomic mass is 16.6. The number of non-ortho nitro benzene ring substituents is 2. The highest BCUT2D eigenvalue weighted by molar-refractivity contribution is 6.05. The predicted molar refractivity (Wildman–Crippen MR) is 81.8 cm³/mol. The molecule has 3 rings (SSSR count). The van der Waals surface area contributed by atoms with E-state index >= 15 is 0 Å². The van der Waals surface area contributed by atoms with E-state index in [0.717, 1.165) is 48.7 Å². The molecular formula is C14H11N5O5. The highest BCUT2D eigenvalue weighted by Gasteiger charge is 2.22. The van der Waals surface area contributed by atoms with Crippen molar-refractivity contribution in [2.75, 3.05) is 5.32 Å². The van der Waals surface area contributed by atoms with E-state index in [9.17, 15) is 25.0 Å². The molecule has 0 aliphatic heterocycles. The van der Waals surface area contributed by atoms with Gasteiger partial charge in [0.2, 0.25) is 0 Å². The Kier molecular flexibility index (Phi) is 3.86. The number of aryl methyl sites for hydroxylation is 1. The summed E-state index contributed by atoms with van der Waals surface area (Å²) in [7, 11) is 0. The van der Waals surface area contributed by atoms with Crippen LogP contribution in [0.25, 0.3) is 0 Å². The van der Waals surface area contributed by atoms with Crippen LogP contribution in [0.5, 0.6) is 0 Å². The first-order valence-electron chi connectivity index (χ1n) is 7.03. The number of benzene rings is 1. The fourth-order valence-electron chi connectivity index (χ4n) is 2.58. The minimum Gasteiger partial charge on any atom is -0.306 e. The maximum absolute atomic E-state index is 12.3. The van der Waals surface area contributed by atoms with Gasteiger partial charge >= 0.3 is 0 Å². The fraction of sp³-hybridized carbons (Fsp3) is 0.214. The van der Waals surface area contributed by atoms with Crippen LogP contribution >= 0.6 is 0 Å². The molecule has 1 N–H and O–H groups in total. The molecule has 1 amide bonds. The lowest BCUT2D eigenvalue weighted by atomic mass is 10.1. The van der Waals surface area contributed by atoms with Gasteiger partial charge in [0.1, 0.15) is 12.1 Å². The number of nitro benzene ring substituents is 2. The summed E-state index contributed by atoms with van der Waals surface area (Å²) >= 11 is 0. The lowest BCUT2D eigenvalue weighted by Crippen LogP contribution is -2.15. The van der Waals surface area contributed by atoms with Crippen molar-refractivity contribution in [2.24, 2.45) is 0 Å². The average molecular weight is 329 g/mol. The monoisotopic (exact) mass is 329 g/mol. The molecule has 24 heavy (non-hydrogen) atoms. The van der Waals surface area contributed by atoms with Gasteiger partial charge in [-0.3, -0.25) is 25.0 Å². The molecule has 10 nitrogen and oxygen atoms in total. The van der Waals surface area contributed by atoms with Crippen LogP contribution in [0.15, 0.2) is 24.5 Å². The Balaban J connectivity index is 1.94. The van der Waals surface area contributed by atoms with Crippen molar-refractivity contribution in [3.8, 4) is 0 Å². The van der Waals surface area contributed by atoms with Crippen molar-refractivity contribution in [1.82, 2.24) is 9.97 Å². The maximum Gasteiger partial charge on any atom is 0.277 e. The number of fused-ring (bicyclic) bond motifs is 1. The number of anilines is 1. The van der Waals surface area contributed by atoms with Gasteiger partial charge in [0.15, 0.2) is 0 Å². The van der Waals surface area contributed by atoms with Crippen molar-refractivity contribution >= 4 is 23.1 Å². The van der Waals surface area contributed by atoms with E-state index in [-0.39, 0.29) is 5.56 Å². The van der Waals surface area contributed by atoms with Crippen LogP contribution in [0.2, 0.25) is 0 Å². The normalized spacial score (nSPS) is 12.5. The molecule has 122 valence electrons. The summed E-state index contributed by atoms with van der Waals surface area (Å²) in [5, 5.41) is 24.3. The third-order valence-corrected chi connectivity index (χ3v) is 3.69. The molecule has 10 heteroatoms. The Morgan fingerprint density at radius 3 is 2.33 bits per heavy atom. The fourth-order valence-corrected chi connectivity index (χ4v) is 2.58. The van der Waals surface area contributed by atoms with Gasteiger partial charge in [0.05, 0.1) is 21.5 Å². The number of nitrogens with zero attached hydrogens (tertiary/aromatic N) is 4. The van der Waals surface area contributed by atoms with Gasteiger partial charge in [-0.2, -0.15) is 0 Å². The molecule has 0 fully saturated rings. The number of amides is 1. The molecule has 1 aliphatic rings. The molecule has 0 saturated carbocycles. The Labute approximate surface area is 134 Å². The Hall–Kier alpha value is -3.43. The van der Waals surface area contributed by atoms with E-state index in [1.54, 1.807) is 0 Å². The molecule has 1 aliphatic carbocycles. The number of nitro groups is 2. The molecule has 0 unspecified atom stereocenters.